The number of aryl methyl sites for hydroxylation is 1. The minimum Gasteiger partial charge on any atom is -0.492 e. The van der Waals surface area contributed by atoms with Gasteiger partial charge in [-0.1, -0.05) is 35.6 Å². The minimum atomic E-state index is -0.160. The van der Waals surface area contributed by atoms with Gasteiger partial charge in [0.1, 0.15) is 11.4 Å². The molecule has 0 radical (unpaired) electrons. The van der Waals surface area contributed by atoms with E-state index in [4.69, 9.17) is 4.74 Å². The lowest BCUT2D eigenvalue weighted by atomic mass is 10.1. The minimum absolute atomic E-state index is 0.160. The Balaban J connectivity index is 1.78. The van der Waals surface area contributed by atoms with Crippen LogP contribution in [-0.2, 0) is 0 Å². The Hall–Kier alpha value is -3.19. The molecule has 0 aliphatic carbocycles. The van der Waals surface area contributed by atoms with Crippen LogP contribution in [-0.4, -0.2) is 27.1 Å². The van der Waals surface area contributed by atoms with Crippen LogP contribution in [0.25, 0.3) is 15.3 Å². The van der Waals surface area contributed by atoms with Gasteiger partial charge in [-0.2, -0.15) is 4.68 Å². The number of hydrogen-bond acceptors (Lipinski definition) is 5. The lowest BCUT2D eigenvalue weighted by molar-refractivity contribution is 0.341. The van der Waals surface area contributed by atoms with Crippen molar-refractivity contribution < 1.29 is 4.74 Å². The molecule has 7 heteroatoms. The first-order chi connectivity index (χ1) is 13.6. The van der Waals surface area contributed by atoms with Gasteiger partial charge in [0.05, 0.1) is 28.1 Å². The van der Waals surface area contributed by atoms with Crippen molar-refractivity contribution in [1.82, 2.24) is 14.8 Å². The maximum atomic E-state index is 13.1. The van der Waals surface area contributed by atoms with Crippen molar-refractivity contribution in [3.63, 3.8) is 0 Å². The van der Waals surface area contributed by atoms with E-state index in [1.807, 2.05) is 69.3 Å². The van der Waals surface area contributed by atoms with Gasteiger partial charge in [0, 0.05) is 5.69 Å². The van der Waals surface area contributed by atoms with E-state index in [1.54, 1.807) is 0 Å². The first-order valence-corrected chi connectivity index (χ1v) is 9.85. The Labute approximate surface area is 166 Å². The topological polar surface area (TPSA) is 72.3 Å². The zero-order valence-electron chi connectivity index (χ0n) is 15.9. The van der Waals surface area contributed by atoms with E-state index in [0.29, 0.717) is 34.5 Å². The van der Waals surface area contributed by atoms with Crippen molar-refractivity contribution in [3.8, 4) is 10.9 Å². The number of para-hydroxylation sites is 3. The summed E-state index contributed by atoms with van der Waals surface area (Å²) in [6.07, 6.45) is 0. The molecule has 0 fully saturated rings. The van der Waals surface area contributed by atoms with Crippen molar-refractivity contribution in [3.05, 3.63) is 70.1 Å². The van der Waals surface area contributed by atoms with Crippen LogP contribution in [0.2, 0.25) is 0 Å². The number of thiazole rings is 1. The summed E-state index contributed by atoms with van der Waals surface area (Å²) in [6.45, 7) is 6.19. The van der Waals surface area contributed by atoms with Crippen molar-refractivity contribution in [2.45, 2.75) is 20.8 Å². The van der Waals surface area contributed by atoms with Crippen LogP contribution >= 0.6 is 11.3 Å². The highest BCUT2D eigenvalue weighted by Crippen LogP contribution is 2.28. The summed E-state index contributed by atoms with van der Waals surface area (Å²) >= 11 is 1.47. The second-order valence-electron chi connectivity index (χ2n) is 6.31. The predicted octanol–water partition coefficient (Wildman–Crippen LogP) is 4.62. The summed E-state index contributed by atoms with van der Waals surface area (Å²) in [5.41, 5.74) is 3.34. The van der Waals surface area contributed by atoms with Crippen molar-refractivity contribution >= 4 is 33.0 Å². The summed E-state index contributed by atoms with van der Waals surface area (Å²) < 4.78 is 8.16. The molecule has 0 aliphatic heterocycles. The first kappa shape index (κ1) is 18.2. The third-order valence-corrected chi connectivity index (χ3v) is 5.38. The van der Waals surface area contributed by atoms with Crippen LogP contribution in [0, 0.1) is 6.92 Å². The number of hydrogen-bond donors (Lipinski definition) is 1. The average molecular weight is 392 g/mol. The zero-order chi connectivity index (χ0) is 19.7. The molecule has 0 amide bonds. The molecule has 2 heterocycles. The molecule has 4 aromatic rings. The van der Waals surface area contributed by atoms with Crippen molar-refractivity contribution in [2.24, 2.45) is 4.99 Å². The largest absolute Gasteiger partial charge is 0.492 e. The smallest absolute Gasteiger partial charge is 0.282 e. The summed E-state index contributed by atoms with van der Waals surface area (Å²) in [5.74, 6) is 0.698. The molecule has 2 aromatic heterocycles. The monoisotopic (exact) mass is 392 g/mol. The number of nitrogens with one attached hydrogen (secondary N) is 1. The van der Waals surface area contributed by atoms with Gasteiger partial charge >= 0.3 is 0 Å². The third kappa shape index (κ3) is 3.25. The normalized spacial score (nSPS) is 11.9. The number of ether oxygens (including phenoxy) is 1. The van der Waals surface area contributed by atoms with E-state index in [0.717, 1.165) is 15.9 Å². The predicted molar refractivity (Wildman–Crippen MR) is 114 cm³/mol. The van der Waals surface area contributed by atoms with Gasteiger partial charge in [-0.25, -0.2) is 9.98 Å². The second kappa shape index (κ2) is 7.44. The van der Waals surface area contributed by atoms with Gasteiger partial charge in [-0.15, -0.1) is 0 Å². The molecule has 0 saturated heterocycles. The van der Waals surface area contributed by atoms with Gasteiger partial charge < -0.3 is 4.74 Å². The lowest BCUT2D eigenvalue weighted by Crippen LogP contribution is -2.19. The number of aromatic amines is 1. The molecule has 0 unspecified atom stereocenters. The van der Waals surface area contributed by atoms with Crippen LogP contribution in [0.3, 0.4) is 0 Å². The summed E-state index contributed by atoms with van der Waals surface area (Å²) in [6, 6.07) is 15.4. The molecule has 0 spiro atoms. The highest BCUT2D eigenvalue weighted by atomic mass is 32.1. The number of H-pyrrole nitrogens is 1. The van der Waals surface area contributed by atoms with Crippen LogP contribution in [0.15, 0.2) is 58.3 Å². The van der Waals surface area contributed by atoms with Gasteiger partial charge in [0.15, 0.2) is 0 Å². The van der Waals surface area contributed by atoms with Crippen LogP contribution in [0.4, 0.5) is 5.69 Å². The zero-order valence-corrected chi connectivity index (χ0v) is 16.7. The first-order valence-electron chi connectivity index (χ1n) is 9.03. The summed E-state index contributed by atoms with van der Waals surface area (Å²) in [4.78, 5) is 22.3. The third-order valence-electron chi connectivity index (χ3n) is 4.36. The van der Waals surface area contributed by atoms with Gasteiger partial charge in [-0.3, -0.25) is 9.89 Å². The van der Waals surface area contributed by atoms with Crippen molar-refractivity contribution in [1.29, 1.82) is 0 Å². The number of aliphatic imine (C=N–C) groups is 1. The number of rotatable bonds is 5. The number of fused-ring (bicyclic) bond motifs is 1. The van der Waals surface area contributed by atoms with E-state index in [9.17, 15) is 4.79 Å². The van der Waals surface area contributed by atoms with E-state index >= 15 is 0 Å². The standard InChI is InChI=1S/C21H20N4O2S/c1-4-27-17-11-7-5-9-15(17)22-13(2)19-14(3)24-25(20(19)26)21-23-16-10-6-8-12-18(16)28-21/h5-12,24H,4H2,1-3H3. The fraction of sp³-hybridized carbons (Fsp3) is 0.190. The van der Waals surface area contributed by atoms with E-state index in [-0.39, 0.29) is 5.56 Å². The molecule has 28 heavy (non-hydrogen) atoms. The van der Waals surface area contributed by atoms with Crippen LogP contribution < -0.4 is 10.3 Å². The van der Waals surface area contributed by atoms with Crippen molar-refractivity contribution in [2.75, 3.05) is 6.61 Å². The highest BCUT2D eigenvalue weighted by molar-refractivity contribution is 7.20. The van der Waals surface area contributed by atoms with Gasteiger partial charge in [0.25, 0.3) is 5.56 Å². The number of aromatic nitrogens is 3. The number of benzene rings is 2. The molecular weight excluding hydrogens is 372 g/mol. The Morgan fingerprint density at radius 1 is 1.21 bits per heavy atom. The fourth-order valence-corrected chi connectivity index (χ4v) is 4.05. The molecule has 6 nitrogen and oxygen atoms in total. The van der Waals surface area contributed by atoms with Crippen LogP contribution in [0.5, 0.6) is 5.75 Å². The molecule has 142 valence electrons. The molecule has 0 saturated carbocycles. The Kier molecular flexibility index (Phi) is 4.83. The van der Waals surface area contributed by atoms with Crippen LogP contribution in [0.1, 0.15) is 25.1 Å². The summed E-state index contributed by atoms with van der Waals surface area (Å²) in [5, 5.41) is 3.75. The molecule has 2 aromatic carbocycles. The fourth-order valence-electron chi connectivity index (χ4n) is 3.13. The highest BCUT2D eigenvalue weighted by Gasteiger charge is 2.18. The van der Waals surface area contributed by atoms with E-state index < -0.39 is 0 Å². The Bertz CT molecular complexity index is 1200. The number of nitrogens with zero attached hydrogens (tertiary/aromatic N) is 3. The second-order valence-corrected chi connectivity index (χ2v) is 7.32. The summed E-state index contributed by atoms with van der Waals surface area (Å²) in [7, 11) is 0. The SMILES string of the molecule is CCOc1ccccc1N=C(C)c1c(C)[nH]n(-c2nc3ccccc3s2)c1=O. The quantitative estimate of drug-likeness (QED) is 0.504. The maximum absolute atomic E-state index is 13.1. The molecule has 0 aliphatic rings. The van der Waals surface area contributed by atoms with Gasteiger partial charge in [-0.05, 0) is 45.0 Å². The maximum Gasteiger partial charge on any atom is 0.282 e. The molecule has 4 rings (SSSR count). The molecule has 0 bridgehead atoms. The van der Waals surface area contributed by atoms with Gasteiger partial charge in [0.2, 0.25) is 5.13 Å². The van der Waals surface area contributed by atoms with E-state index in [1.165, 1.54) is 16.0 Å². The average Bonchev–Trinajstić information content (AvgIpc) is 3.24. The van der Waals surface area contributed by atoms with E-state index in [2.05, 4.69) is 15.1 Å². The Morgan fingerprint density at radius 3 is 2.75 bits per heavy atom. The molecular formula is C21H20N4O2S. The molecule has 0 atom stereocenters. The molecule has 1 N–H and O–H groups in total. The Morgan fingerprint density at radius 2 is 1.96 bits per heavy atom. The lowest BCUT2D eigenvalue weighted by Gasteiger charge is -2.07.